The summed E-state index contributed by atoms with van der Waals surface area (Å²) in [6.07, 6.45) is 4.40. The fourth-order valence-corrected chi connectivity index (χ4v) is 5.29. The molecule has 0 bridgehead atoms. The molecule has 0 aliphatic carbocycles. The van der Waals surface area contributed by atoms with E-state index >= 15 is 0 Å². The second-order valence-electron chi connectivity index (χ2n) is 10.4. The Labute approximate surface area is 268 Å². The molecule has 3 aromatic rings. The molecule has 3 rings (SSSR count). The second-order valence-corrected chi connectivity index (χ2v) is 10.4. The maximum atomic E-state index is 11.0. The van der Waals surface area contributed by atoms with Crippen LogP contribution in [0.25, 0.3) is 0 Å². The van der Waals surface area contributed by atoms with Gasteiger partial charge in [0.2, 0.25) is 0 Å². The van der Waals surface area contributed by atoms with Gasteiger partial charge >= 0.3 is 17.4 Å². The van der Waals surface area contributed by atoms with Gasteiger partial charge in [0, 0.05) is 16.7 Å². The van der Waals surface area contributed by atoms with Crippen molar-refractivity contribution in [2.24, 2.45) is 0 Å². The molecule has 0 aliphatic rings. The maximum Gasteiger partial charge on any atom is 3.00 e. The van der Waals surface area contributed by atoms with E-state index in [9.17, 15) is 29.7 Å². The molecule has 0 amide bonds. The smallest absolute Gasteiger partial charge is 0.545 e. The van der Waals surface area contributed by atoms with Crippen LogP contribution in [0.1, 0.15) is 123 Å². The number of aryl methyl sites for hydroxylation is 9. The van der Waals surface area contributed by atoms with E-state index in [2.05, 4.69) is 0 Å². The summed E-state index contributed by atoms with van der Waals surface area (Å²) in [5.41, 5.74) is 9.77. The molecule has 3 aromatic carbocycles. The Morgan fingerprint density at radius 2 is 0.558 bits per heavy atom. The van der Waals surface area contributed by atoms with Crippen molar-refractivity contribution >= 4 is 35.3 Å². The fourth-order valence-electron chi connectivity index (χ4n) is 5.29. The minimum atomic E-state index is -1.06. The number of benzene rings is 3. The Hall–Kier alpha value is -3.40. The number of carboxylic acid groups (broad SMARTS) is 3. The van der Waals surface area contributed by atoms with E-state index in [4.69, 9.17) is 0 Å². The largest absolute Gasteiger partial charge is 3.00 e. The quantitative estimate of drug-likeness (QED) is 0.342. The van der Waals surface area contributed by atoms with Crippen molar-refractivity contribution in [1.29, 1.82) is 0 Å². The minimum Gasteiger partial charge on any atom is -0.545 e. The van der Waals surface area contributed by atoms with Crippen LogP contribution in [0.15, 0.2) is 36.4 Å². The van der Waals surface area contributed by atoms with Crippen molar-refractivity contribution in [2.75, 3.05) is 0 Å². The molecule has 0 saturated heterocycles. The van der Waals surface area contributed by atoms with Gasteiger partial charge in [-0.2, -0.15) is 0 Å². The van der Waals surface area contributed by atoms with Crippen molar-refractivity contribution in [3.63, 3.8) is 0 Å². The number of carbonyl (C=O) groups excluding carboxylic acids is 3. The molecule has 6 nitrogen and oxygen atoms in total. The molecule has 7 heteroatoms. The van der Waals surface area contributed by atoms with Crippen LogP contribution in [-0.2, 0) is 38.5 Å². The number of rotatable bonds is 9. The standard InChI is InChI=1S/3C12H16O2.Al/c3*1-4-9-6-8(3)7-10(5-2)11(9)12(13)14;/h3*6-7H,4-5H2,1-3H3,(H,13,14);/q;;;+3/p-3. The van der Waals surface area contributed by atoms with E-state index < -0.39 is 17.9 Å². The topological polar surface area (TPSA) is 120 Å². The molecule has 43 heavy (non-hydrogen) atoms. The van der Waals surface area contributed by atoms with Gasteiger partial charge in [0.1, 0.15) is 0 Å². The average molecular weight is 601 g/mol. The van der Waals surface area contributed by atoms with Crippen LogP contribution in [0.5, 0.6) is 0 Å². The number of aromatic carboxylic acids is 3. The summed E-state index contributed by atoms with van der Waals surface area (Å²) in [6, 6.07) is 11.5. The van der Waals surface area contributed by atoms with E-state index in [1.54, 1.807) is 0 Å². The summed E-state index contributed by atoms with van der Waals surface area (Å²) in [4.78, 5) is 32.9. The summed E-state index contributed by atoms with van der Waals surface area (Å²) in [6.45, 7) is 17.7. The van der Waals surface area contributed by atoms with Crippen molar-refractivity contribution < 1.29 is 29.7 Å². The predicted molar refractivity (Wildman–Crippen MR) is 169 cm³/mol. The third-order valence-corrected chi connectivity index (χ3v) is 7.24. The first-order valence-corrected chi connectivity index (χ1v) is 14.8. The van der Waals surface area contributed by atoms with Crippen LogP contribution in [0.2, 0.25) is 0 Å². The summed E-state index contributed by atoms with van der Waals surface area (Å²) < 4.78 is 0. The molecule has 228 valence electrons. The molecule has 0 atom stereocenters. The zero-order chi connectivity index (χ0) is 32.1. The minimum absolute atomic E-state index is 0. The zero-order valence-corrected chi connectivity index (χ0v) is 28.4. The number of hydrogen-bond donors (Lipinski definition) is 0. The molecule has 0 aromatic heterocycles. The fraction of sp³-hybridized carbons (Fsp3) is 0.417. The van der Waals surface area contributed by atoms with Crippen LogP contribution in [0, 0.1) is 20.8 Å². The van der Waals surface area contributed by atoms with E-state index in [1.165, 1.54) is 0 Å². The third-order valence-electron chi connectivity index (χ3n) is 7.24. The Morgan fingerprint density at radius 1 is 0.419 bits per heavy atom. The molecule has 0 unspecified atom stereocenters. The first-order valence-electron chi connectivity index (χ1n) is 14.8. The molecule has 0 aliphatic heterocycles. The van der Waals surface area contributed by atoms with Gasteiger partial charge in [-0.15, -0.1) is 0 Å². The van der Waals surface area contributed by atoms with Crippen molar-refractivity contribution in [3.8, 4) is 0 Å². The number of carbonyl (C=O) groups is 3. The summed E-state index contributed by atoms with van der Waals surface area (Å²) in [5, 5.41) is 32.9. The first-order chi connectivity index (χ1) is 19.8. The monoisotopic (exact) mass is 600 g/mol. The summed E-state index contributed by atoms with van der Waals surface area (Å²) >= 11 is 0. The van der Waals surface area contributed by atoms with Crippen molar-refractivity contribution in [2.45, 2.75) is 101 Å². The second kappa shape index (κ2) is 19.0. The van der Waals surface area contributed by atoms with Crippen LogP contribution < -0.4 is 15.3 Å². The Balaban J connectivity index is 0.000000608. The molecule has 0 radical (unpaired) electrons. The Kier molecular flexibility index (Phi) is 17.5. The summed E-state index contributed by atoms with van der Waals surface area (Å²) in [5.74, 6) is -3.17. The van der Waals surface area contributed by atoms with Gasteiger partial charge in [-0.05, 0) is 92.7 Å². The maximum absolute atomic E-state index is 11.0. The van der Waals surface area contributed by atoms with Gasteiger partial charge < -0.3 is 29.7 Å². The van der Waals surface area contributed by atoms with Gasteiger partial charge in [-0.3, -0.25) is 0 Å². The molecule has 0 N–H and O–H groups in total. The SMILES string of the molecule is CCc1cc(C)cc(CC)c1C(=O)[O-].CCc1cc(C)cc(CC)c1C(=O)[O-].CCc1cc(C)cc(CC)c1C(=O)[O-].[Al+3]. The molecular weight excluding hydrogens is 555 g/mol. The average Bonchev–Trinajstić information content (AvgIpc) is 2.95. The predicted octanol–water partition coefficient (Wildman–Crippen LogP) is 4.07. The van der Waals surface area contributed by atoms with Gasteiger partial charge in [0.25, 0.3) is 0 Å². The van der Waals surface area contributed by atoms with E-state index in [1.807, 2.05) is 98.7 Å². The van der Waals surface area contributed by atoms with E-state index in [0.717, 1.165) is 88.6 Å². The molecular formula is C36H45AlO6. The van der Waals surface area contributed by atoms with Crippen LogP contribution in [-0.4, -0.2) is 35.3 Å². The van der Waals surface area contributed by atoms with Crippen molar-refractivity contribution in [1.82, 2.24) is 0 Å². The van der Waals surface area contributed by atoms with E-state index in [-0.39, 0.29) is 17.4 Å². The molecule has 0 heterocycles. The van der Waals surface area contributed by atoms with E-state index in [0.29, 0.717) is 16.7 Å². The third kappa shape index (κ3) is 11.0. The molecule has 0 fully saturated rings. The van der Waals surface area contributed by atoms with Gasteiger partial charge in [0.05, 0.1) is 17.9 Å². The van der Waals surface area contributed by atoms with Crippen LogP contribution in [0.3, 0.4) is 0 Å². The Bertz CT molecular complexity index is 1160. The zero-order valence-electron chi connectivity index (χ0n) is 27.2. The van der Waals surface area contributed by atoms with Crippen molar-refractivity contribution in [3.05, 3.63) is 103 Å². The molecule has 0 saturated carbocycles. The number of hydrogen-bond acceptors (Lipinski definition) is 6. The van der Waals surface area contributed by atoms with Gasteiger partial charge in [-0.1, -0.05) is 94.6 Å². The summed E-state index contributed by atoms with van der Waals surface area (Å²) in [7, 11) is 0. The number of carboxylic acids is 3. The first kappa shape index (κ1) is 39.6. The van der Waals surface area contributed by atoms with Crippen LogP contribution in [0.4, 0.5) is 0 Å². The Morgan fingerprint density at radius 3 is 0.651 bits per heavy atom. The van der Waals surface area contributed by atoms with Gasteiger partial charge in [0.15, 0.2) is 0 Å². The van der Waals surface area contributed by atoms with Gasteiger partial charge in [-0.25, -0.2) is 0 Å². The molecule has 0 spiro atoms. The van der Waals surface area contributed by atoms with Crippen LogP contribution >= 0.6 is 0 Å². The normalized spacial score (nSPS) is 9.98.